The molecule has 1 aromatic heterocycles. The Labute approximate surface area is 118 Å². The third-order valence-electron chi connectivity index (χ3n) is 3.15. The van der Waals surface area contributed by atoms with Gasteiger partial charge in [0.15, 0.2) is 0 Å². The molecule has 20 heavy (non-hydrogen) atoms. The van der Waals surface area contributed by atoms with Crippen LogP contribution in [0.3, 0.4) is 0 Å². The molecule has 5 heteroatoms. The van der Waals surface area contributed by atoms with Gasteiger partial charge >= 0.3 is 0 Å². The Hall–Kier alpha value is -1.88. The summed E-state index contributed by atoms with van der Waals surface area (Å²) >= 11 is 0. The molecule has 1 heterocycles. The van der Waals surface area contributed by atoms with Crippen molar-refractivity contribution in [3.05, 3.63) is 48.0 Å². The molecule has 0 aliphatic carbocycles. The van der Waals surface area contributed by atoms with Gasteiger partial charge in [0.2, 0.25) is 0 Å². The minimum atomic E-state index is -0.198. The van der Waals surface area contributed by atoms with Gasteiger partial charge in [0, 0.05) is 12.2 Å². The molecule has 0 saturated carbocycles. The van der Waals surface area contributed by atoms with Gasteiger partial charge in [-0.3, -0.25) is 4.68 Å². The van der Waals surface area contributed by atoms with Crippen molar-refractivity contribution in [1.29, 1.82) is 0 Å². The van der Waals surface area contributed by atoms with Crippen molar-refractivity contribution in [3.8, 4) is 0 Å². The van der Waals surface area contributed by atoms with Crippen LogP contribution in [-0.2, 0) is 13.0 Å². The van der Waals surface area contributed by atoms with Crippen LogP contribution in [-0.4, -0.2) is 27.5 Å². The molecule has 108 valence electrons. The van der Waals surface area contributed by atoms with E-state index in [1.807, 2.05) is 18.3 Å². The average Bonchev–Trinajstić information content (AvgIpc) is 2.86. The summed E-state index contributed by atoms with van der Waals surface area (Å²) in [6.07, 6.45) is 5.49. The molecule has 0 aliphatic rings. The number of aliphatic hydroxyl groups is 1. The largest absolute Gasteiger partial charge is 0.394 e. The van der Waals surface area contributed by atoms with E-state index in [1.165, 1.54) is 12.1 Å². The highest BCUT2D eigenvalue weighted by Crippen LogP contribution is 2.11. The van der Waals surface area contributed by atoms with E-state index in [1.54, 1.807) is 10.9 Å². The lowest BCUT2D eigenvalue weighted by Gasteiger charge is -2.13. The van der Waals surface area contributed by atoms with Crippen LogP contribution in [0.15, 0.2) is 36.7 Å². The summed E-state index contributed by atoms with van der Waals surface area (Å²) in [7, 11) is 0. The standard InChI is InChI=1S/C15H20FN3O/c1-12(2-3-13-4-6-14(16)7-5-13)18-15-10-17-19(11-15)8-9-20/h4-7,10-12,18,20H,2-3,8-9H2,1H3. The predicted octanol–water partition coefficient (Wildman–Crippen LogP) is 2.45. The first-order valence-corrected chi connectivity index (χ1v) is 6.81. The van der Waals surface area contributed by atoms with Crippen molar-refractivity contribution in [2.24, 2.45) is 0 Å². The number of hydrogen-bond donors (Lipinski definition) is 2. The minimum Gasteiger partial charge on any atom is -0.394 e. The fourth-order valence-electron chi connectivity index (χ4n) is 2.05. The molecule has 0 saturated heterocycles. The zero-order valence-electron chi connectivity index (χ0n) is 11.6. The first-order valence-electron chi connectivity index (χ1n) is 6.81. The van der Waals surface area contributed by atoms with Gasteiger partial charge in [0.05, 0.1) is 25.0 Å². The molecular weight excluding hydrogens is 257 g/mol. The number of rotatable bonds is 7. The summed E-state index contributed by atoms with van der Waals surface area (Å²) in [4.78, 5) is 0. The van der Waals surface area contributed by atoms with Crippen molar-refractivity contribution in [2.45, 2.75) is 32.4 Å². The van der Waals surface area contributed by atoms with Crippen LogP contribution < -0.4 is 5.32 Å². The molecule has 0 aliphatic heterocycles. The summed E-state index contributed by atoms with van der Waals surface area (Å²) in [5, 5.41) is 16.3. The summed E-state index contributed by atoms with van der Waals surface area (Å²) in [5.41, 5.74) is 2.08. The number of halogens is 1. The van der Waals surface area contributed by atoms with Crippen molar-refractivity contribution in [1.82, 2.24) is 9.78 Å². The molecular formula is C15H20FN3O. The highest BCUT2D eigenvalue weighted by Gasteiger charge is 2.05. The van der Waals surface area contributed by atoms with E-state index in [4.69, 9.17) is 5.11 Å². The van der Waals surface area contributed by atoms with E-state index < -0.39 is 0 Å². The Bertz CT molecular complexity index is 524. The van der Waals surface area contributed by atoms with Gasteiger partial charge in [-0.05, 0) is 37.5 Å². The average molecular weight is 277 g/mol. The first kappa shape index (κ1) is 14.5. The Morgan fingerprint density at radius 3 is 2.80 bits per heavy atom. The Morgan fingerprint density at radius 1 is 1.35 bits per heavy atom. The Morgan fingerprint density at radius 2 is 2.10 bits per heavy atom. The van der Waals surface area contributed by atoms with E-state index >= 15 is 0 Å². The van der Waals surface area contributed by atoms with Gasteiger partial charge in [-0.25, -0.2) is 4.39 Å². The molecule has 0 radical (unpaired) electrons. The van der Waals surface area contributed by atoms with Crippen LogP contribution >= 0.6 is 0 Å². The number of nitrogens with zero attached hydrogens (tertiary/aromatic N) is 2. The number of aromatic nitrogens is 2. The first-order chi connectivity index (χ1) is 9.67. The summed E-state index contributed by atoms with van der Waals surface area (Å²) in [6.45, 7) is 2.69. The predicted molar refractivity (Wildman–Crippen MR) is 77.1 cm³/mol. The molecule has 2 aromatic rings. The van der Waals surface area contributed by atoms with Gasteiger partial charge in [-0.15, -0.1) is 0 Å². The number of aliphatic hydroxyl groups excluding tert-OH is 1. The van der Waals surface area contributed by atoms with Crippen LogP contribution in [0.2, 0.25) is 0 Å². The third kappa shape index (κ3) is 4.35. The summed E-state index contributed by atoms with van der Waals surface area (Å²) in [5.74, 6) is -0.198. The molecule has 4 nitrogen and oxygen atoms in total. The lowest BCUT2D eigenvalue weighted by molar-refractivity contribution is 0.269. The lowest BCUT2D eigenvalue weighted by Crippen LogP contribution is -2.15. The smallest absolute Gasteiger partial charge is 0.123 e. The molecule has 1 atom stereocenters. The van der Waals surface area contributed by atoms with Crippen LogP contribution in [0.4, 0.5) is 10.1 Å². The fraction of sp³-hybridized carbons (Fsp3) is 0.400. The van der Waals surface area contributed by atoms with E-state index in [9.17, 15) is 4.39 Å². The molecule has 0 spiro atoms. The lowest BCUT2D eigenvalue weighted by atomic mass is 10.1. The van der Waals surface area contributed by atoms with Crippen molar-refractivity contribution in [3.63, 3.8) is 0 Å². The van der Waals surface area contributed by atoms with Gasteiger partial charge < -0.3 is 10.4 Å². The SMILES string of the molecule is CC(CCc1ccc(F)cc1)Nc1cnn(CCO)c1. The van der Waals surface area contributed by atoms with Gasteiger partial charge in [-0.1, -0.05) is 12.1 Å². The maximum atomic E-state index is 12.8. The zero-order chi connectivity index (χ0) is 14.4. The second-order valence-electron chi connectivity index (χ2n) is 4.93. The molecule has 1 unspecified atom stereocenters. The van der Waals surface area contributed by atoms with Crippen molar-refractivity contribution in [2.75, 3.05) is 11.9 Å². The molecule has 0 bridgehead atoms. The number of anilines is 1. The van der Waals surface area contributed by atoms with Gasteiger partial charge in [-0.2, -0.15) is 5.10 Å². The van der Waals surface area contributed by atoms with E-state index in [0.29, 0.717) is 12.6 Å². The third-order valence-corrected chi connectivity index (χ3v) is 3.15. The van der Waals surface area contributed by atoms with Crippen LogP contribution in [0, 0.1) is 5.82 Å². The van der Waals surface area contributed by atoms with Crippen LogP contribution in [0.1, 0.15) is 18.9 Å². The fourth-order valence-corrected chi connectivity index (χ4v) is 2.05. The monoisotopic (exact) mass is 277 g/mol. The van der Waals surface area contributed by atoms with Gasteiger partial charge in [0.25, 0.3) is 0 Å². The molecule has 2 N–H and O–H groups in total. The van der Waals surface area contributed by atoms with Crippen LogP contribution in [0.5, 0.6) is 0 Å². The summed E-state index contributed by atoms with van der Waals surface area (Å²) in [6, 6.07) is 6.92. The highest BCUT2D eigenvalue weighted by molar-refractivity contribution is 5.39. The number of nitrogens with one attached hydrogen (secondary N) is 1. The quantitative estimate of drug-likeness (QED) is 0.817. The zero-order valence-corrected chi connectivity index (χ0v) is 11.6. The maximum Gasteiger partial charge on any atom is 0.123 e. The number of benzene rings is 1. The van der Waals surface area contributed by atoms with E-state index in [0.717, 1.165) is 24.1 Å². The second-order valence-corrected chi connectivity index (χ2v) is 4.93. The molecule has 0 amide bonds. The number of aryl methyl sites for hydroxylation is 1. The maximum absolute atomic E-state index is 12.8. The topological polar surface area (TPSA) is 50.1 Å². The Balaban J connectivity index is 1.79. The number of hydrogen-bond acceptors (Lipinski definition) is 3. The molecule has 1 aromatic carbocycles. The van der Waals surface area contributed by atoms with Crippen LogP contribution in [0.25, 0.3) is 0 Å². The van der Waals surface area contributed by atoms with Crippen molar-refractivity contribution < 1.29 is 9.50 Å². The summed E-state index contributed by atoms with van der Waals surface area (Å²) < 4.78 is 14.5. The van der Waals surface area contributed by atoms with E-state index in [2.05, 4.69) is 17.3 Å². The molecule has 0 fully saturated rings. The Kier molecular flexibility index (Phi) is 5.12. The molecule has 2 rings (SSSR count). The van der Waals surface area contributed by atoms with Gasteiger partial charge in [0.1, 0.15) is 5.82 Å². The normalized spacial score (nSPS) is 12.3. The second kappa shape index (κ2) is 7.05. The highest BCUT2D eigenvalue weighted by atomic mass is 19.1. The van der Waals surface area contributed by atoms with E-state index in [-0.39, 0.29) is 12.4 Å². The van der Waals surface area contributed by atoms with Crippen molar-refractivity contribution >= 4 is 5.69 Å². The minimum absolute atomic E-state index is 0.0846.